The van der Waals surface area contributed by atoms with E-state index in [-0.39, 0.29) is 16.8 Å². The van der Waals surface area contributed by atoms with Crippen molar-refractivity contribution < 1.29 is 14.7 Å². The van der Waals surface area contributed by atoms with E-state index >= 15 is 0 Å². The van der Waals surface area contributed by atoms with Crippen LogP contribution in [0.5, 0.6) is 0 Å². The lowest BCUT2D eigenvalue weighted by Gasteiger charge is -2.12. The van der Waals surface area contributed by atoms with Gasteiger partial charge >= 0.3 is 5.97 Å². The second kappa shape index (κ2) is 9.92. The van der Waals surface area contributed by atoms with Crippen LogP contribution < -0.4 is 5.32 Å². The molecule has 1 saturated carbocycles. The molecule has 3 rings (SSSR count). The third-order valence-corrected chi connectivity index (χ3v) is 5.75. The molecule has 6 nitrogen and oxygen atoms in total. The van der Waals surface area contributed by atoms with Gasteiger partial charge in [-0.15, -0.1) is 0 Å². The molecule has 7 heteroatoms. The van der Waals surface area contributed by atoms with E-state index in [2.05, 4.69) is 17.2 Å². The molecule has 1 aliphatic rings. The van der Waals surface area contributed by atoms with E-state index in [4.69, 9.17) is 11.6 Å². The number of aromatic nitrogens is 2. The van der Waals surface area contributed by atoms with Crippen molar-refractivity contribution in [1.82, 2.24) is 9.55 Å². The molecule has 29 heavy (non-hydrogen) atoms. The predicted molar refractivity (Wildman–Crippen MR) is 114 cm³/mol. The zero-order valence-electron chi connectivity index (χ0n) is 16.8. The summed E-state index contributed by atoms with van der Waals surface area (Å²) in [5.74, 6) is 0.168. The summed E-state index contributed by atoms with van der Waals surface area (Å²) in [6, 6.07) is 7.50. The van der Waals surface area contributed by atoms with Crippen LogP contribution in [0.2, 0.25) is 5.15 Å². The highest BCUT2D eigenvalue weighted by atomic mass is 35.5. The summed E-state index contributed by atoms with van der Waals surface area (Å²) in [7, 11) is 0. The number of carbonyl (C=O) groups is 2. The van der Waals surface area contributed by atoms with E-state index in [1.807, 2.05) is 24.3 Å². The maximum atomic E-state index is 12.2. The molecular weight excluding hydrogens is 390 g/mol. The standard InChI is InChI=1S/C22H28ClN3O3/c1-2-3-8-18-25-21(23)20(22(28)29)26(18)14-16-9-11-17(12-10-16)24-19(27)13-15-6-4-5-7-15/h9-12,15H,2-8,13-14H2,1H3,(H,24,27)(H,28,29). The molecule has 0 spiro atoms. The fraction of sp³-hybridized carbons (Fsp3) is 0.500. The summed E-state index contributed by atoms with van der Waals surface area (Å²) in [5, 5.41) is 12.5. The smallest absolute Gasteiger partial charge is 0.355 e. The number of amides is 1. The Bertz CT molecular complexity index is 855. The molecule has 0 bridgehead atoms. The number of nitrogens with zero attached hydrogens (tertiary/aromatic N) is 2. The van der Waals surface area contributed by atoms with Gasteiger partial charge < -0.3 is 15.0 Å². The first-order valence-electron chi connectivity index (χ1n) is 10.3. The number of rotatable bonds is 9. The van der Waals surface area contributed by atoms with Crippen molar-refractivity contribution >= 4 is 29.2 Å². The summed E-state index contributed by atoms with van der Waals surface area (Å²) >= 11 is 6.08. The Labute approximate surface area is 176 Å². The number of carbonyl (C=O) groups excluding carboxylic acids is 1. The number of aromatic carboxylic acids is 1. The van der Waals surface area contributed by atoms with Crippen LogP contribution in [0.1, 0.15) is 73.7 Å². The zero-order chi connectivity index (χ0) is 20.8. The first kappa shape index (κ1) is 21.4. The van der Waals surface area contributed by atoms with Gasteiger partial charge in [-0.25, -0.2) is 9.78 Å². The van der Waals surface area contributed by atoms with Gasteiger partial charge in [-0.2, -0.15) is 0 Å². The molecule has 1 fully saturated rings. The Hall–Kier alpha value is -2.34. The molecule has 1 aliphatic carbocycles. The molecule has 0 saturated heterocycles. The highest BCUT2D eigenvalue weighted by molar-refractivity contribution is 6.32. The topological polar surface area (TPSA) is 84.2 Å². The van der Waals surface area contributed by atoms with Crippen LogP contribution >= 0.6 is 11.6 Å². The molecule has 2 N–H and O–H groups in total. The Morgan fingerprint density at radius 3 is 2.55 bits per heavy atom. The van der Waals surface area contributed by atoms with Crippen molar-refractivity contribution in [3.63, 3.8) is 0 Å². The monoisotopic (exact) mass is 417 g/mol. The van der Waals surface area contributed by atoms with Gasteiger partial charge in [0.1, 0.15) is 5.82 Å². The number of hydrogen-bond donors (Lipinski definition) is 2. The molecule has 0 aliphatic heterocycles. The van der Waals surface area contributed by atoms with Gasteiger partial charge in [0.05, 0.1) is 0 Å². The largest absolute Gasteiger partial charge is 0.476 e. The predicted octanol–water partition coefficient (Wildman–Crippen LogP) is 5.14. The number of halogens is 1. The average molecular weight is 418 g/mol. The number of aryl methyl sites for hydroxylation is 1. The number of carboxylic acid groups (broad SMARTS) is 1. The van der Waals surface area contributed by atoms with Crippen LogP contribution in [-0.4, -0.2) is 26.5 Å². The molecule has 2 aromatic rings. The maximum absolute atomic E-state index is 12.2. The Morgan fingerprint density at radius 1 is 1.24 bits per heavy atom. The van der Waals surface area contributed by atoms with Gasteiger partial charge in [-0.3, -0.25) is 4.79 Å². The van der Waals surface area contributed by atoms with E-state index in [0.717, 1.165) is 36.9 Å². The average Bonchev–Trinajstić information content (AvgIpc) is 3.29. The normalized spacial score (nSPS) is 14.3. The number of imidazole rings is 1. The van der Waals surface area contributed by atoms with Gasteiger partial charge in [0.2, 0.25) is 5.91 Å². The lowest BCUT2D eigenvalue weighted by atomic mass is 10.0. The van der Waals surface area contributed by atoms with Crippen LogP contribution in [0, 0.1) is 5.92 Å². The molecule has 1 aromatic heterocycles. The minimum absolute atomic E-state index is 0.0201. The van der Waals surface area contributed by atoms with Crippen molar-refractivity contribution in [3.8, 4) is 0 Å². The SMILES string of the molecule is CCCCc1nc(Cl)c(C(=O)O)n1Cc1ccc(NC(=O)CC2CCCC2)cc1. The van der Waals surface area contributed by atoms with Gasteiger partial charge in [0, 0.05) is 25.1 Å². The van der Waals surface area contributed by atoms with Crippen molar-refractivity contribution in [3.05, 3.63) is 46.5 Å². The minimum atomic E-state index is -1.08. The highest BCUT2D eigenvalue weighted by Crippen LogP contribution is 2.28. The lowest BCUT2D eigenvalue weighted by molar-refractivity contribution is -0.117. The lowest BCUT2D eigenvalue weighted by Crippen LogP contribution is -2.15. The van der Waals surface area contributed by atoms with Crippen molar-refractivity contribution in [2.75, 3.05) is 5.32 Å². The van der Waals surface area contributed by atoms with E-state index in [0.29, 0.717) is 31.1 Å². The van der Waals surface area contributed by atoms with Crippen molar-refractivity contribution in [2.45, 2.75) is 64.8 Å². The molecule has 0 atom stereocenters. The second-order valence-corrected chi connectivity index (χ2v) is 8.12. The van der Waals surface area contributed by atoms with Crippen molar-refractivity contribution in [1.29, 1.82) is 0 Å². The maximum Gasteiger partial charge on any atom is 0.355 e. The number of hydrogen-bond acceptors (Lipinski definition) is 3. The van der Waals surface area contributed by atoms with E-state index in [9.17, 15) is 14.7 Å². The summed E-state index contributed by atoms with van der Waals surface area (Å²) in [6.07, 6.45) is 7.91. The molecule has 0 radical (unpaired) electrons. The van der Waals surface area contributed by atoms with Crippen LogP contribution in [0.3, 0.4) is 0 Å². The fourth-order valence-electron chi connectivity index (χ4n) is 3.93. The third-order valence-electron chi connectivity index (χ3n) is 5.49. The number of nitrogens with one attached hydrogen (secondary N) is 1. The highest BCUT2D eigenvalue weighted by Gasteiger charge is 2.21. The Kier molecular flexibility index (Phi) is 7.31. The summed E-state index contributed by atoms with van der Waals surface area (Å²) in [4.78, 5) is 28.1. The van der Waals surface area contributed by atoms with Gasteiger partial charge in [0.25, 0.3) is 0 Å². The second-order valence-electron chi connectivity index (χ2n) is 7.76. The summed E-state index contributed by atoms with van der Waals surface area (Å²) < 4.78 is 1.67. The molecular formula is C22H28ClN3O3. The minimum Gasteiger partial charge on any atom is -0.476 e. The Morgan fingerprint density at radius 2 is 1.93 bits per heavy atom. The molecule has 1 amide bonds. The number of anilines is 1. The molecule has 1 heterocycles. The molecule has 1 aromatic carbocycles. The summed E-state index contributed by atoms with van der Waals surface area (Å²) in [5.41, 5.74) is 1.70. The number of benzene rings is 1. The van der Waals surface area contributed by atoms with Gasteiger partial charge in [-0.1, -0.05) is 49.9 Å². The quantitative estimate of drug-likeness (QED) is 0.591. The summed E-state index contributed by atoms with van der Waals surface area (Å²) in [6.45, 7) is 2.45. The van der Waals surface area contributed by atoms with Crippen LogP contribution in [0.4, 0.5) is 5.69 Å². The van der Waals surface area contributed by atoms with Gasteiger partial charge in [0.15, 0.2) is 10.8 Å². The Balaban J connectivity index is 1.69. The fourth-order valence-corrected chi connectivity index (χ4v) is 4.21. The van der Waals surface area contributed by atoms with Gasteiger partial charge in [-0.05, 0) is 42.9 Å². The number of carboxylic acids is 1. The van der Waals surface area contributed by atoms with E-state index < -0.39 is 5.97 Å². The third kappa shape index (κ3) is 5.60. The van der Waals surface area contributed by atoms with E-state index in [1.165, 1.54) is 12.8 Å². The van der Waals surface area contributed by atoms with Crippen LogP contribution in [0.25, 0.3) is 0 Å². The van der Waals surface area contributed by atoms with Crippen LogP contribution in [0.15, 0.2) is 24.3 Å². The number of unbranched alkanes of at least 4 members (excludes halogenated alkanes) is 1. The molecule has 156 valence electrons. The first-order chi connectivity index (χ1) is 14.0. The van der Waals surface area contributed by atoms with E-state index in [1.54, 1.807) is 4.57 Å². The van der Waals surface area contributed by atoms with Crippen LogP contribution in [-0.2, 0) is 17.8 Å². The zero-order valence-corrected chi connectivity index (χ0v) is 17.5. The van der Waals surface area contributed by atoms with Crippen molar-refractivity contribution in [2.24, 2.45) is 5.92 Å². The molecule has 0 unspecified atom stereocenters. The first-order valence-corrected chi connectivity index (χ1v) is 10.7.